The number of nitrogens with two attached hydrogens (primary N) is 1. The van der Waals surface area contributed by atoms with Gasteiger partial charge >= 0.3 is 0 Å². The Morgan fingerprint density at radius 1 is 1.00 bits per heavy atom. The van der Waals surface area contributed by atoms with Crippen LogP contribution in [0.3, 0.4) is 0 Å². The SMILES string of the molecule is CCCN(CCC)C(=O)C1=CC(C(=O)N(CCC(N)Cc2cc(F)cc(F)c2)CC(C)O)=CC(C)=CC1. The maximum atomic E-state index is 13.6. The molecule has 0 radical (unpaired) electrons. The van der Waals surface area contributed by atoms with E-state index in [9.17, 15) is 23.5 Å². The standard InChI is InChI=1S/C29H41F2N3O3/c1-5-10-33(11-6-2)28(36)23-8-7-20(3)13-24(17-23)29(37)34(19-21(4)35)12-9-27(32)16-22-14-25(30)18-26(31)15-22/h7,13-15,17-18,21,27,35H,5-6,8-12,16,19,32H2,1-4H3. The molecule has 0 aliphatic heterocycles. The molecule has 0 spiro atoms. The van der Waals surface area contributed by atoms with Gasteiger partial charge in [0.25, 0.3) is 5.91 Å². The van der Waals surface area contributed by atoms with Crippen molar-refractivity contribution in [1.29, 1.82) is 0 Å². The Labute approximate surface area is 219 Å². The second-order valence-corrected chi connectivity index (χ2v) is 9.84. The minimum absolute atomic E-state index is 0.0697. The van der Waals surface area contributed by atoms with Gasteiger partial charge in [-0.15, -0.1) is 0 Å². The molecule has 1 aromatic rings. The first-order valence-electron chi connectivity index (χ1n) is 13.1. The zero-order valence-corrected chi connectivity index (χ0v) is 22.5. The lowest BCUT2D eigenvalue weighted by Gasteiger charge is -2.26. The fraction of sp³-hybridized carbons (Fsp3) is 0.517. The minimum atomic E-state index is -0.768. The number of hydrogen-bond acceptors (Lipinski definition) is 4. The Hall–Kier alpha value is -2.84. The molecule has 8 heteroatoms. The lowest BCUT2D eigenvalue weighted by Crippen LogP contribution is -2.40. The maximum absolute atomic E-state index is 13.6. The highest BCUT2D eigenvalue weighted by molar-refractivity contribution is 6.01. The zero-order chi connectivity index (χ0) is 27.5. The summed E-state index contributed by atoms with van der Waals surface area (Å²) in [5.41, 5.74) is 8.49. The van der Waals surface area contributed by atoms with E-state index in [4.69, 9.17) is 5.73 Å². The van der Waals surface area contributed by atoms with Gasteiger partial charge in [0, 0.05) is 49.4 Å². The van der Waals surface area contributed by atoms with E-state index in [-0.39, 0.29) is 31.3 Å². The van der Waals surface area contributed by atoms with Crippen molar-refractivity contribution < 1.29 is 23.5 Å². The molecule has 0 aromatic heterocycles. The second kappa shape index (κ2) is 14.8. The van der Waals surface area contributed by atoms with Crippen molar-refractivity contribution in [3.05, 3.63) is 70.3 Å². The number of benzene rings is 1. The normalized spacial score (nSPS) is 15.2. The molecule has 0 heterocycles. The molecule has 0 saturated carbocycles. The summed E-state index contributed by atoms with van der Waals surface area (Å²) in [6, 6.07) is 2.86. The molecule has 1 aliphatic carbocycles. The third-order valence-corrected chi connectivity index (χ3v) is 6.11. The monoisotopic (exact) mass is 517 g/mol. The summed E-state index contributed by atoms with van der Waals surface area (Å²) in [4.78, 5) is 30.2. The Kier molecular flexibility index (Phi) is 12.1. The fourth-order valence-electron chi connectivity index (χ4n) is 4.43. The van der Waals surface area contributed by atoms with E-state index in [1.165, 1.54) is 17.0 Å². The van der Waals surface area contributed by atoms with Crippen LogP contribution in [-0.2, 0) is 16.0 Å². The van der Waals surface area contributed by atoms with Gasteiger partial charge in [0.2, 0.25) is 5.91 Å². The van der Waals surface area contributed by atoms with Crippen LogP contribution < -0.4 is 5.73 Å². The first-order chi connectivity index (χ1) is 17.5. The molecule has 1 aromatic carbocycles. The van der Waals surface area contributed by atoms with Crippen molar-refractivity contribution in [2.24, 2.45) is 5.73 Å². The van der Waals surface area contributed by atoms with Crippen molar-refractivity contribution >= 4 is 11.8 Å². The largest absolute Gasteiger partial charge is 0.392 e. The van der Waals surface area contributed by atoms with E-state index in [0.29, 0.717) is 42.6 Å². The summed E-state index contributed by atoms with van der Waals surface area (Å²) < 4.78 is 27.1. The highest BCUT2D eigenvalue weighted by Crippen LogP contribution is 2.21. The van der Waals surface area contributed by atoms with Crippen LogP contribution in [0.25, 0.3) is 0 Å². The topological polar surface area (TPSA) is 86.9 Å². The molecule has 204 valence electrons. The number of rotatable bonds is 13. The molecule has 2 unspecified atom stereocenters. The molecule has 37 heavy (non-hydrogen) atoms. The number of nitrogens with zero attached hydrogens (tertiary/aromatic N) is 2. The van der Waals surface area contributed by atoms with Gasteiger partial charge in [-0.05, 0) is 75.8 Å². The molecule has 3 N–H and O–H groups in total. The average Bonchev–Trinajstić information content (AvgIpc) is 3.01. The third kappa shape index (κ3) is 9.85. The molecule has 0 fully saturated rings. The highest BCUT2D eigenvalue weighted by atomic mass is 19.1. The molecule has 2 atom stereocenters. The lowest BCUT2D eigenvalue weighted by molar-refractivity contribution is -0.128. The molecule has 2 rings (SSSR count). The number of hydrogen-bond donors (Lipinski definition) is 2. The molecule has 0 saturated heterocycles. The summed E-state index contributed by atoms with van der Waals surface area (Å²) in [5, 5.41) is 10.1. The third-order valence-electron chi connectivity index (χ3n) is 6.11. The van der Waals surface area contributed by atoms with E-state index in [1.54, 1.807) is 19.1 Å². The van der Waals surface area contributed by atoms with E-state index in [0.717, 1.165) is 24.5 Å². The number of carbonyl (C=O) groups is 2. The van der Waals surface area contributed by atoms with E-state index in [1.807, 2.05) is 31.7 Å². The predicted molar refractivity (Wildman–Crippen MR) is 143 cm³/mol. The van der Waals surface area contributed by atoms with E-state index in [2.05, 4.69) is 0 Å². The molecule has 0 bridgehead atoms. The number of allylic oxidation sites excluding steroid dienone is 3. The van der Waals surface area contributed by atoms with Crippen LogP contribution >= 0.6 is 0 Å². The van der Waals surface area contributed by atoms with Crippen LogP contribution in [0.5, 0.6) is 0 Å². The summed E-state index contributed by atoms with van der Waals surface area (Å²) in [5.74, 6) is -1.70. The van der Waals surface area contributed by atoms with Crippen LogP contribution in [0, 0.1) is 11.6 Å². The van der Waals surface area contributed by atoms with Gasteiger partial charge in [-0.3, -0.25) is 9.59 Å². The average molecular weight is 518 g/mol. The van der Waals surface area contributed by atoms with Crippen molar-refractivity contribution in [3.63, 3.8) is 0 Å². The maximum Gasteiger partial charge on any atom is 0.253 e. The molecular weight excluding hydrogens is 476 g/mol. The number of carbonyl (C=O) groups excluding carboxylic acids is 2. The van der Waals surface area contributed by atoms with Crippen molar-refractivity contribution in [2.75, 3.05) is 26.2 Å². The van der Waals surface area contributed by atoms with Gasteiger partial charge in [-0.1, -0.05) is 25.5 Å². The van der Waals surface area contributed by atoms with E-state index < -0.39 is 23.8 Å². The van der Waals surface area contributed by atoms with Gasteiger partial charge in [0.05, 0.1) is 6.10 Å². The number of amides is 2. The molecule has 2 amide bonds. The van der Waals surface area contributed by atoms with Crippen LogP contribution in [0.2, 0.25) is 0 Å². The van der Waals surface area contributed by atoms with Crippen molar-refractivity contribution in [3.8, 4) is 0 Å². The van der Waals surface area contributed by atoms with Crippen molar-refractivity contribution in [2.45, 2.75) is 71.9 Å². The summed E-state index contributed by atoms with van der Waals surface area (Å²) in [6.07, 6.45) is 7.35. The molecule has 1 aliphatic rings. The Morgan fingerprint density at radius 3 is 2.19 bits per heavy atom. The van der Waals surface area contributed by atoms with E-state index >= 15 is 0 Å². The molecule has 6 nitrogen and oxygen atoms in total. The van der Waals surface area contributed by atoms with Crippen LogP contribution in [0.15, 0.2) is 53.1 Å². The number of aliphatic hydroxyl groups is 1. The summed E-state index contributed by atoms with van der Waals surface area (Å²) in [6.45, 7) is 9.19. The van der Waals surface area contributed by atoms with Crippen LogP contribution in [0.4, 0.5) is 8.78 Å². The Bertz CT molecular complexity index is 1010. The van der Waals surface area contributed by atoms with Gasteiger partial charge < -0.3 is 20.6 Å². The Morgan fingerprint density at radius 2 is 1.62 bits per heavy atom. The number of aliphatic hydroxyl groups excluding tert-OH is 1. The first-order valence-corrected chi connectivity index (χ1v) is 13.1. The quantitative estimate of drug-likeness (QED) is 0.409. The molecular formula is C29H41F2N3O3. The van der Waals surface area contributed by atoms with Crippen molar-refractivity contribution in [1.82, 2.24) is 9.80 Å². The van der Waals surface area contributed by atoms with Gasteiger partial charge in [0.1, 0.15) is 11.6 Å². The Balaban J connectivity index is 2.21. The lowest BCUT2D eigenvalue weighted by atomic mass is 10.0. The predicted octanol–water partition coefficient (Wildman–Crippen LogP) is 4.29. The summed E-state index contributed by atoms with van der Waals surface area (Å²) in [7, 11) is 0. The van der Waals surface area contributed by atoms with Gasteiger partial charge in [-0.2, -0.15) is 0 Å². The zero-order valence-electron chi connectivity index (χ0n) is 22.5. The smallest absolute Gasteiger partial charge is 0.253 e. The highest BCUT2D eigenvalue weighted by Gasteiger charge is 2.24. The number of halogens is 2. The van der Waals surface area contributed by atoms with Gasteiger partial charge in [0.15, 0.2) is 0 Å². The summed E-state index contributed by atoms with van der Waals surface area (Å²) >= 11 is 0. The van der Waals surface area contributed by atoms with Crippen LogP contribution in [0.1, 0.15) is 58.9 Å². The second-order valence-electron chi connectivity index (χ2n) is 9.84. The van der Waals surface area contributed by atoms with Crippen LogP contribution in [-0.4, -0.2) is 65.0 Å². The van der Waals surface area contributed by atoms with Gasteiger partial charge in [-0.25, -0.2) is 8.78 Å². The minimum Gasteiger partial charge on any atom is -0.392 e. The first kappa shape index (κ1) is 30.4. The fourth-order valence-corrected chi connectivity index (χ4v) is 4.43.